The Bertz CT molecular complexity index is 1430. The van der Waals surface area contributed by atoms with Crippen LogP contribution in [0.5, 0.6) is 0 Å². The molecule has 2 heterocycles. The minimum atomic E-state index is -0.908. The summed E-state index contributed by atoms with van der Waals surface area (Å²) >= 11 is 0. The maximum absolute atomic E-state index is 13.5. The van der Waals surface area contributed by atoms with Crippen LogP contribution < -0.4 is 4.90 Å². The number of anilines is 1. The second kappa shape index (κ2) is 10.2. The molecule has 0 atom stereocenters. The Hall–Kier alpha value is -4.34. The molecule has 0 fully saturated rings. The molecule has 38 heavy (non-hydrogen) atoms. The molecule has 1 N–H and O–H groups in total. The van der Waals surface area contributed by atoms with E-state index in [2.05, 4.69) is 4.98 Å². The van der Waals surface area contributed by atoms with Crippen molar-refractivity contribution in [2.45, 2.75) is 26.2 Å². The van der Waals surface area contributed by atoms with E-state index in [1.165, 1.54) is 45.2 Å². The van der Waals surface area contributed by atoms with Crippen LogP contribution in [-0.2, 0) is 14.9 Å². The van der Waals surface area contributed by atoms with Crippen molar-refractivity contribution in [3.05, 3.63) is 71.3 Å². The van der Waals surface area contributed by atoms with Crippen LogP contribution in [0.3, 0.4) is 0 Å². The van der Waals surface area contributed by atoms with E-state index in [9.17, 15) is 18.8 Å². The van der Waals surface area contributed by atoms with Crippen molar-refractivity contribution in [2.75, 3.05) is 39.2 Å². The first-order valence-corrected chi connectivity index (χ1v) is 12.2. The molecule has 2 aromatic carbocycles. The summed E-state index contributed by atoms with van der Waals surface area (Å²) in [6.07, 6.45) is 0.558. The van der Waals surface area contributed by atoms with Gasteiger partial charge in [-0.2, -0.15) is 0 Å². The quantitative estimate of drug-likeness (QED) is 0.468. The van der Waals surface area contributed by atoms with Crippen molar-refractivity contribution in [2.24, 2.45) is 0 Å². The van der Waals surface area contributed by atoms with Gasteiger partial charge in [0, 0.05) is 55.3 Å². The van der Waals surface area contributed by atoms with E-state index in [0.717, 1.165) is 16.5 Å². The molecule has 9 nitrogen and oxygen atoms in total. The lowest BCUT2D eigenvalue weighted by Crippen LogP contribution is -2.37. The number of carbonyl (C=O) groups is 3. The van der Waals surface area contributed by atoms with Crippen molar-refractivity contribution in [3.8, 4) is 0 Å². The number of urea groups is 1. The summed E-state index contributed by atoms with van der Waals surface area (Å²) in [5.74, 6) is -0.711. The van der Waals surface area contributed by atoms with Crippen LogP contribution in [0.1, 0.15) is 42.4 Å². The van der Waals surface area contributed by atoms with Gasteiger partial charge >= 0.3 is 12.2 Å². The molecular weight excluding hydrogens is 491 g/mol. The van der Waals surface area contributed by atoms with Gasteiger partial charge in [-0.1, -0.05) is 19.9 Å². The first kappa shape index (κ1) is 26.7. The highest BCUT2D eigenvalue weighted by Gasteiger charge is 2.37. The second-order valence-electron chi connectivity index (χ2n) is 9.94. The molecule has 0 bridgehead atoms. The van der Waals surface area contributed by atoms with Gasteiger partial charge < -0.3 is 24.3 Å². The number of benzene rings is 2. The van der Waals surface area contributed by atoms with Crippen LogP contribution in [0.25, 0.3) is 16.7 Å². The predicted molar refractivity (Wildman–Crippen MR) is 142 cm³/mol. The molecular formula is C28H31FN4O5. The molecule has 0 radical (unpaired) electrons. The van der Waals surface area contributed by atoms with Crippen molar-refractivity contribution >= 4 is 40.4 Å². The largest absolute Gasteiger partial charge is 0.513 e. The molecule has 0 aliphatic carbocycles. The predicted octanol–water partition coefficient (Wildman–Crippen LogP) is 5.33. The summed E-state index contributed by atoms with van der Waals surface area (Å²) in [7, 11) is 5.05. The third kappa shape index (κ3) is 5.06. The molecule has 1 aliphatic heterocycles. The van der Waals surface area contributed by atoms with Gasteiger partial charge in [-0.3, -0.25) is 9.69 Å². The lowest BCUT2D eigenvalue weighted by Gasteiger charge is -2.29. The third-order valence-electron chi connectivity index (χ3n) is 6.41. The van der Waals surface area contributed by atoms with E-state index in [1.807, 2.05) is 32.0 Å². The van der Waals surface area contributed by atoms with Gasteiger partial charge in [-0.25, -0.2) is 14.0 Å². The number of nitrogens with zero attached hydrogens (tertiary/aromatic N) is 3. The number of hydrogen-bond donors (Lipinski definition) is 1. The minimum absolute atomic E-state index is 0.106. The van der Waals surface area contributed by atoms with Crippen molar-refractivity contribution in [1.29, 1.82) is 0 Å². The van der Waals surface area contributed by atoms with E-state index in [4.69, 9.17) is 9.47 Å². The maximum Gasteiger partial charge on any atom is 0.513 e. The summed E-state index contributed by atoms with van der Waals surface area (Å²) < 4.78 is 24.1. The molecule has 0 saturated heterocycles. The van der Waals surface area contributed by atoms with Crippen LogP contribution >= 0.6 is 0 Å². The fourth-order valence-electron chi connectivity index (χ4n) is 4.65. The SMILES string of the molecule is CCOC(=O)OC1=CN(C(=O)c2ccc(F)cc2)CC(C)(C)c2c1[nH]c1cc(N(C)C(=O)N(C)C)ccc21. The standard InChI is InChI=1S/C28H31FN4O5/c1-7-37-27(36)38-22-15-33(25(34)17-8-10-18(29)11-9-17)16-28(2,3)23-20-13-12-19(14-21(20)30-24(22)23)32(6)26(35)31(4)5/h8-15,30H,7,16H2,1-6H3. The summed E-state index contributed by atoms with van der Waals surface area (Å²) in [5, 5.41) is 0.855. The van der Waals surface area contributed by atoms with Gasteiger partial charge in [0.15, 0.2) is 5.76 Å². The van der Waals surface area contributed by atoms with Crippen LogP contribution in [0.2, 0.25) is 0 Å². The van der Waals surface area contributed by atoms with Crippen molar-refractivity contribution in [1.82, 2.24) is 14.8 Å². The number of rotatable bonds is 4. The zero-order valence-corrected chi connectivity index (χ0v) is 22.3. The number of aromatic amines is 1. The lowest BCUT2D eigenvalue weighted by molar-refractivity contribution is 0.0788. The highest BCUT2D eigenvalue weighted by Crippen LogP contribution is 2.41. The van der Waals surface area contributed by atoms with Crippen molar-refractivity contribution < 1.29 is 28.2 Å². The van der Waals surface area contributed by atoms with Gasteiger partial charge in [0.05, 0.1) is 18.5 Å². The Kier molecular flexibility index (Phi) is 7.17. The number of carbonyl (C=O) groups excluding carboxylic acids is 3. The third-order valence-corrected chi connectivity index (χ3v) is 6.41. The number of amides is 3. The molecule has 1 aliphatic rings. The van der Waals surface area contributed by atoms with E-state index < -0.39 is 17.4 Å². The Balaban J connectivity index is 1.85. The molecule has 1 aromatic heterocycles. The van der Waals surface area contributed by atoms with Crippen LogP contribution in [0, 0.1) is 5.82 Å². The molecule has 3 aromatic rings. The van der Waals surface area contributed by atoms with Gasteiger partial charge in [-0.15, -0.1) is 0 Å². The summed E-state index contributed by atoms with van der Waals surface area (Å²) in [6.45, 7) is 6.00. The normalized spacial score (nSPS) is 14.3. The molecule has 4 rings (SSSR count). The van der Waals surface area contributed by atoms with E-state index in [1.54, 1.807) is 28.1 Å². The number of hydrogen-bond acceptors (Lipinski definition) is 5. The maximum atomic E-state index is 13.5. The van der Waals surface area contributed by atoms with Crippen LogP contribution in [-0.4, -0.2) is 67.2 Å². The molecule has 0 unspecified atom stereocenters. The number of ether oxygens (including phenoxy) is 2. The molecule has 3 amide bonds. The second-order valence-corrected chi connectivity index (χ2v) is 9.94. The Morgan fingerprint density at radius 1 is 1.08 bits per heavy atom. The number of fused-ring (bicyclic) bond motifs is 3. The molecule has 0 spiro atoms. The fourth-order valence-corrected chi connectivity index (χ4v) is 4.65. The molecule has 10 heteroatoms. The minimum Gasteiger partial charge on any atom is -0.434 e. The molecule has 200 valence electrons. The van der Waals surface area contributed by atoms with Gasteiger partial charge in [0.1, 0.15) is 5.82 Å². The average Bonchev–Trinajstić information content (AvgIpc) is 3.22. The van der Waals surface area contributed by atoms with E-state index in [0.29, 0.717) is 16.9 Å². The Morgan fingerprint density at radius 2 is 1.76 bits per heavy atom. The Labute approximate surface area is 220 Å². The summed E-state index contributed by atoms with van der Waals surface area (Å²) in [4.78, 5) is 46.1. The summed E-state index contributed by atoms with van der Waals surface area (Å²) in [5.41, 5.74) is 2.46. The zero-order chi connectivity index (χ0) is 27.8. The van der Waals surface area contributed by atoms with Crippen LogP contribution in [0.4, 0.5) is 19.7 Å². The number of aromatic nitrogens is 1. The highest BCUT2D eigenvalue weighted by molar-refractivity contribution is 5.99. The summed E-state index contributed by atoms with van der Waals surface area (Å²) in [6, 6.07) is 10.7. The average molecular weight is 523 g/mol. The Morgan fingerprint density at radius 3 is 2.39 bits per heavy atom. The topological polar surface area (TPSA) is 95.2 Å². The van der Waals surface area contributed by atoms with Gasteiger partial charge in [0.25, 0.3) is 5.91 Å². The number of H-pyrrole nitrogens is 1. The number of halogens is 1. The van der Waals surface area contributed by atoms with Crippen molar-refractivity contribution in [3.63, 3.8) is 0 Å². The fraction of sp³-hybridized carbons (Fsp3) is 0.321. The lowest BCUT2D eigenvalue weighted by atomic mass is 9.82. The molecule has 0 saturated carbocycles. The van der Waals surface area contributed by atoms with Crippen LogP contribution in [0.15, 0.2) is 48.7 Å². The first-order valence-electron chi connectivity index (χ1n) is 12.2. The highest BCUT2D eigenvalue weighted by atomic mass is 19.1. The van der Waals surface area contributed by atoms with E-state index in [-0.39, 0.29) is 30.8 Å². The van der Waals surface area contributed by atoms with E-state index >= 15 is 0 Å². The monoisotopic (exact) mass is 522 g/mol. The smallest absolute Gasteiger partial charge is 0.434 e. The van der Waals surface area contributed by atoms with Gasteiger partial charge in [0.2, 0.25) is 0 Å². The number of nitrogens with one attached hydrogen (secondary N) is 1. The van der Waals surface area contributed by atoms with Gasteiger partial charge in [-0.05, 0) is 48.9 Å². The first-order chi connectivity index (χ1) is 17.9. The zero-order valence-electron chi connectivity index (χ0n) is 22.3.